The van der Waals surface area contributed by atoms with E-state index in [9.17, 15) is 9.18 Å². The third-order valence-corrected chi connectivity index (χ3v) is 5.50. The molecule has 0 spiro atoms. The lowest BCUT2D eigenvalue weighted by molar-refractivity contribution is 0.287. The van der Waals surface area contributed by atoms with Crippen molar-refractivity contribution in [1.82, 2.24) is 24.7 Å². The van der Waals surface area contributed by atoms with Crippen molar-refractivity contribution in [2.24, 2.45) is 5.73 Å². The Hall–Kier alpha value is -4.54. The average molecular weight is 492 g/mol. The van der Waals surface area contributed by atoms with Crippen LogP contribution in [-0.2, 0) is 6.42 Å². The number of aromatic amines is 1. The number of halogens is 1. The highest BCUT2D eigenvalue weighted by Gasteiger charge is 2.23. The summed E-state index contributed by atoms with van der Waals surface area (Å²) in [5.74, 6) is 1.17. The smallest absolute Gasteiger partial charge is 0.350 e. The van der Waals surface area contributed by atoms with Gasteiger partial charge >= 0.3 is 5.69 Å². The number of hydrogen-bond donors (Lipinski definition) is 3. The zero-order chi connectivity index (χ0) is 25.5. The lowest BCUT2D eigenvalue weighted by Crippen LogP contribution is -2.18. The van der Waals surface area contributed by atoms with E-state index >= 15 is 0 Å². The van der Waals surface area contributed by atoms with Gasteiger partial charge in [-0.15, -0.1) is 9.78 Å². The molecular weight excluding hydrogens is 465 g/mol. The van der Waals surface area contributed by atoms with E-state index < -0.39 is 18.3 Å². The minimum Gasteiger partial charge on any atom is -0.497 e. The van der Waals surface area contributed by atoms with E-state index in [1.165, 1.54) is 12.4 Å². The van der Waals surface area contributed by atoms with Gasteiger partial charge in [-0.25, -0.2) is 14.8 Å². The van der Waals surface area contributed by atoms with E-state index in [1.807, 2.05) is 24.3 Å². The number of aromatic nitrogens is 5. The van der Waals surface area contributed by atoms with Crippen molar-refractivity contribution >= 4 is 5.84 Å². The van der Waals surface area contributed by atoms with Crippen LogP contribution < -0.4 is 20.9 Å². The quantitative estimate of drug-likeness (QED) is 0.166. The van der Waals surface area contributed by atoms with Crippen molar-refractivity contribution in [3.63, 3.8) is 0 Å². The monoisotopic (exact) mass is 491 g/mol. The third-order valence-electron chi connectivity index (χ3n) is 5.50. The molecule has 4 N–H and O–H groups in total. The first kappa shape index (κ1) is 24.6. The number of rotatable bonds is 11. The zero-order valence-corrected chi connectivity index (χ0v) is 19.6. The van der Waals surface area contributed by atoms with Crippen LogP contribution in [0.15, 0.2) is 65.7 Å². The predicted octanol–water partition coefficient (Wildman–Crippen LogP) is 2.76. The van der Waals surface area contributed by atoms with Gasteiger partial charge in [-0.3, -0.25) is 14.8 Å². The SMILES string of the molecule is COc1cc(OCCCF)cc(C(Cc2ccc(C(=N)N)cc2)c2nn(-c3ncccn3)c(=O)[nH]2)c1. The second-order valence-corrected chi connectivity index (χ2v) is 7.98. The molecule has 1 atom stereocenters. The van der Waals surface area contributed by atoms with Gasteiger partial charge in [-0.05, 0) is 35.7 Å². The Bertz CT molecular complexity index is 1370. The predicted molar refractivity (Wildman–Crippen MR) is 132 cm³/mol. The maximum absolute atomic E-state index is 12.8. The maximum Gasteiger partial charge on any atom is 0.350 e. The molecule has 0 fully saturated rings. The Morgan fingerprint density at radius 2 is 1.89 bits per heavy atom. The van der Waals surface area contributed by atoms with E-state index in [1.54, 1.807) is 31.4 Å². The Kier molecular flexibility index (Phi) is 7.69. The van der Waals surface area contributed by atoms with Crippen molar-refractivity contribution < 1.29 is 13.9 Å². The van der Waals surface area contributed by atoms with Gasteiger partial charge in [-0.1, -0.05) is 24.3 Å². The summed E-state index contributed by atoms with van der Waals surface area (Å²) in [5.41, 5.74) is 7.43. The number of nitrogens with zero attached hydrogens (tertiary/aromatic N) is 4. The minimum absolute atomic E-state index is 0.0214. The first-order valence-electron chi connectivity index (χ1n) is 11.3. The zero-order valence-electron chi connectivity index (χ0n) is 19.6. The summed E-state index contributed by atoms with van der Waals surface area (Å²) in [6.45, 7) is -0.257. The minimum atomic E-state index is -0.476. The summed E-state index contributed by atoms with van der Waals surface area (Å²) >= 11 is 0. The molecule has 4 rings (SSSR count). The first-order valence-corrected chi connectivity index (χ1v) is 11.3. The molecule has 186 valence electrons. The van der Waals surface area contributed by atoms with Crippen molar-refractivity contribution in [2.75, 3.05) is 20.4 Å². The second-order valence-electron chi connectivity index (χ2n) is 7.98. The maximum atomic E-state index is 12.8. The largest absolute Gasteiger partial charge is 0.497 e. The molecule has 2 aromatic heterocycles. The molecule has 10 nitrogen and oxygen atoms in total. The van der Waals surface area contributed by atoms with Gasteiger partial charge in [0.2, 0.25) is 0 Å². The molecule has 0 aliphatic carbocycles. The van der Waals surface area contributed by atoms with Gasteiger partial charge in [0.1, 0.15) is 23.2 Å². The van der Waals surface area contributed by atoms with Crippen LogP contribution in [-0.4, -0.2) is 51.0 Å². The second kappa shape index (κ2) is 11.3. The van der Waals surface area contributed by atoms with Gasteiger partial charge < -0.3 is 15.2 Å². The topological polar surface area (TPSA) is 145 Å². The molecule has 2 aromatic carbocycles. The van der Waals surface area contributed by atoms with E-state index in [2.05, 4.69) is 20.1 Å². The fourth-order valence-corrected chi connectivity index (χ4v) is 3.70. The molecule has 2 heterocycles. The number of H-pyrrole nitrogens is 1. The van der Waals surface area contributed by atoms with Gasteiger partial charge in [-0.2, -0.15) is 0 Å². The number of amidine groups is 1. The van der Waals surface area contributed by atoms with Crippen molar-refractivity contribution in [1.29, 1.82) is 5.41 Å². The van der Waals surface area contributed by atoms with Crippen LogP contribution in [0.4, 0.5) is 4.39 Å². The number of nitrogens with one attached hydrogen (secondary N) is 2. The molecule has 0 saturated heterocycles. The van der Waals surface area contributed by atoms with Crippen LogP contribution in [0.3, 0.4) is 0 Å². The number of alkyl halides is 1. The molecule has 1 unspecified atom stereocenters. The molecule has 0 saturated carbocycles. The molecule has 0 aliphatic rings. The van der Waals surface area contributed by atoms with Gasteiger partial charge in [0, 0.05) is 36.4 Å². The number of methoxy groups -OCH3 is 1. The van der Waals surface area contributed by atoms with Crippen LogP contribution in [0, 0.1) is 5.41 Å². The molecule has 36 heavy (non-hydrogen) atoms. The first-order chi connectivity index (χ1) is 17.5. The van der Waals surface area contributed by atoms with Crippen LogP contribution in [0.2, 0.25) is 0 Å². The van der Waals surface area contributed by atoms with Gasteiger partial charge in [0.25, 0.3) is 5.95 Å². The van der Waals surface area contributed by atoms with Gasteiger partial charge in [0.05, 0.1) is 20.4 Å². The number of hydrogen-bond acceptors (Lipinski definition) is 7. The standard InChI is InChI=1S/C25H26FN7O3/c1-35-19-13-18(14-20(15-19)36-11-2-8-26)21(12-16-4-6-17(7-5-16)22(27)28)23-31-25(34)33(32-23)24-29-9-3-10-30-24/h3-7,9-10,13-15,21H,2,8,11-12H2,1H3,(H3,27,28)(H,31,32,34). The van der Waals surface area contributed by atoms with Crippen LogP contribution in [0.1, 0.15) is 34.9 Å². The Balaban J connectivity index is 1.77. The van der Waals surface area contributed by atoms with Crippen LogP contribution in [0.5, 0.6) is 11.5 Å². The van der Waals surface area contributed by atoms with Crippen molar-refractivity contribution in [3.8, 4) is 17.4 Å². The highest BCUT2D eigenvalue weighted by atomic mass is 19.1. The summed E-state index contributed by atoms with van der Waals surface area (Å²) < 4.78 is 24.9. The Morgan fingerprint density at radius 3 is 2.56 bits per heavy atom. The summed E-state index contributed by atoms with van der Waals surface area (Å²) in [4.78, 5) is 23.8. The summed E-state index contributed by atoms with van der Waals surface area (Å²) in [5, 5.41) is 12.1. The number of ether oxygens (including phenoxy) is 2. The summed E-state index contributed by atoms with van der Waals surface area (Å²) in [6.07, 6.45) is 3.78. The highest BCUT2D eigenvalue weighted by molar-refractivity contribution is 5.94. The molecule has 0 amide bonds. The van der Waals surface area contributed by atoms with Crippen LogP contribution in [0.25, 0.3) is 5.95 Å². The molecular formula is C25H26FN7O3. The van der Waals surface area contributed by atoms with Crippen molar-refractivity contribution in [3.05, 3.63) is 93.9 Å². The number of benzene rings is 2. The Morgan fingerprint density at radius 1 is 1.17 bits per heavy atom. The number of nitrogen functional groups attached to an aromatic ring is 1. The normalized spacial score (nSPS) is 11.7. The molecule has 0 bridgehead atoms. The summed E-state index contributed by atoms with van der Waals surface area (Å²) in [6, 6.07) is 14.3. The fourth-order valence-electron chi connectivity index (χ4n) is 3.70. The van der Waals surface area contributed by atoms with E-state index in [0.29, 0.717) is 29.3 Å². The van der Waals surface area contributed by atoms with E-state index in [4.69, 9.17) is 20.6 Å². The van der Waals surface area contributed by atoms with E-state index in [-0.39, 0.29) is 24.8 Å². The third kappa shape index (κ3) is 5.74. The fraction of sp³-hybridized carbons (Fsp3) is 0.240. The highest BCUT2D eigenvalue weighted by Crippen LogP contribution is 2.32. The average Bonchev–Trinajstić information content (AvgIpc) is 3.29. The Labute approximate surface area is 206 Å². The molecule has 4 aromatic rings. The van der Waals surface area contributed by atoms with Crippen LogP contribution >= 0.6 is 0 Å². The number of nitrogens with two attached hydrogens (primary N) is 1. The van der Waals surface area contributed by atoms with Crippen molar-refractivity contribution in [2.45, 2.75) is 18.8 Å². The van der Waals surface area contributed by atoms with Gasteiger partial charge in [0.15, 0.2) is 0 Å². The summed E-state index contributed by atoms with van der Waals surface area (Å²) in [7, 11) is 1.54. The lowest BCUT2D eigenvalue weighted by atomic mass is 9.90. The molecule has 0 radical (unpaired) electrons. The molecule has 0 aliphatic heterocycles. The lowest BCUT2D eigenvalue weighted by Gasteiger charge is -2.18. The van der Waals surface area contributed by atoms with E-state index in [0.717, 1.165) is 15.8 Å². The molecule has 11 heteroatoms.